The summed E-state index contributed by atoms with van der Waals surface area (Å²) in [6, 6.07) is 0. The van der Waals surface area contributed by atoms with Crippen LogP contribution in [0.15, 0.2) is 22.5 Å². The van der Waals surface area contributed by atoms with E-state index in [1.165, 1.54) is 0 Å². The van der Waals surface area contributed by atoms with Gasteiger partial charge in [-0.15, -0.1) is 0 Å². The van der Waals surface area contributed by atoms with Gasteiger partial charge in [0, 0.05) is 46.5 Å². The number of fused-ring (bicyclic) bond motifs is 4. The summed E-state index contributed by atoms with van der Waals surface area (Å²) in [6.07, 6.45) is 4.26. The van der Waals surface area contributed by atoms with Gasteiger partial charge < -0.3 is 10.6 Å². The highest BCUT2D eigenvalue weighted by atomic mass is 16.1. The minimum atomic E-state index is -0.208. The van der Waals surface area contributed by atoms with E-state index in [1.807, 2.05) is 0 Å². The molecule has 0 heterocycles. The molecule has 4 aliphatic rings. The summed E-state index contributed by atoms with van der Waals surface area (Å²) in [7, 11) is 0. The number of Topliss-reactive ketones (excluding diaryl/α,β-unsaturated/α-hetero) is 2. The lowest BCUT2D eigenvalue weighted by atomic mass is 9.70. The lowest BCUT2D eigenvalue weighted by molar-refractivity contribution is -0.126. The molecule has 2 N–H and O–H groups in total. The highest BCUT2D eigenvalue weighted by Crippen LogP contribution is 2.66. The first-order chi connectivity index (χ1) is 13.8. The van der Waals surface area contributed by atoms with Crippen molar-refractivity contribution in [3.8, 4) is 0 Å². The molecule has 30 heavy (non-hydrogen) atoms. The van der Waals surface area contributed by atoms with Crippen LogP contribution in [0.5, 0.6) is 0 Å². The molecule has 0 saturated heterocycles. The van der Waals surface area contributed by atoms with E-state index in [9.17, 15) is 9.59 Å². The fraction of sp³-hybridized carbons (Fsp3) is 0.769. The first-order valence-electron chi connectivity index (χ1n) is 11.8. The lowest BCUT2D eigenvalue weighted by Crippen LogP contribution is -2.33. The molecule has 4 atom stereocenters. The molecule has 166 valence electrons. The Bertz CT molecular complexity index is 805. The van der Waals surface area contributed by atoms with Crippen LogP contribution >= 0.6 is 0 Å². The van der Waals surface area contributed by atoms with Crippen LogP contribution in [0, 0.1) is 33.5 Å². The van der Waals surface area contributed by atoms with Gasteiger partial charge >= 0.3 is 0 Å². The van der Waals surface area contributed by atoms with Crippen LogP contribution in [0.4, 0.5) is 0 Å². The van der Waals surface area contributed by atoms with E-state index >= 15 is 0 Å². The number of allylic oxidation sites excluding steroid dienone is 4. The molecule has 0 radical (unpaired) electrons. The number of carbonyl (C=O) groups excluding carboxylic acids is 2. The predicted molar refractivity (Wildman–Crippen MR) is 121 cm³/mol. The van der Waals surface area contributed by atoms with Crippen molar-refractivity contribution in [3.05, 3.63) is 22.5 Å². The standard InChI is InChI=1S/C26H40N2O2/c1-15(19-17-9-11-25(7,21(19)29)23(17,3)4)27-13-14-28-16(2)20-18-10-12-26(8,22(20)30)24(18,5)6/h17-18,27-28H,9-14H2,1-8H3. The van der Waals surface area contributed by atoms with Crippen LogP contribution in [-0.2, 0) is 9.59 Å². The Balaban J connectivity index is 1.41. The molecule has 0 aliphatic heterocycles. The van der Waals surface area contributed by atoms with Crippen LogP contribution in [0.2, 0.25) is 0 Å². The van der Waals surface area contributed by atoms with E-state index in [0.717, 1.165) is 61.3 Å². The third kappa shape index (κ3) is 2.45. The zero-order valence-corrected chi connectivity index (χ0v) is 20.2. The summed E-state index contributed by atoms with van der Waals surface area (Å²) < 4.78 is 0. The van der Waals surface area contributed by atoms with Gasteiger partial charge in [-0.2, -0.15) is 0 Å². The van der Waals surface area contributed by atoms with Gasteiger partial charge in [0.2, 0.25) is 0 Å². The average molecular weight is 413 g/mol. The molecule has 4 heteroatoms. The van der Waals surface area contributed by atoms with Crippen molar-refractivity contribution in [1.29, 1.82) is 0 Å². The number of ketones is 2. The van der Waals surface area contributed by atoms with Crippen molar-refractivity contribution >= 4 is 11.6 Å². The molecule has 4 aliphatic carbocycles. The largest absolute Gasteiger partial charge is 0.386 e. The molecule has 0 aromatic carbocycles. The van der Waals surface area contributed by atoms with Crippen molar-refractivity contribution in [2.24, 2.45) is 33.5 Å². The van der Waals surface area contributed by atoms with Crippen LogP contribution in [0.3, 0.4) is 0 Å². The first-order valence-corrected chi connectivity index (χ1v) is 11.8. The van der Waals surface area contributed by atoms with Crippen LogP contribution in [0.1, 0.15) is 81.1 Å². The van der Waals surface area contributed by atoms with E-state index < -0.39 is 0 Å². The molecule has 4 unspecified atom stereocenters. The average Bonchev–Trinajstić information content (AvgIpc) is 3.15. The van der Waals surface area contributed by atoms with Crippen molar-refractivity contribution in [1.82, 2.24) is 10.6 Å². The molecule has 0 aromatic heterocycles. The molecular formula is C26H40N2O2. The van der Waals surface area contributed by atoms with Gasteiger partial charge in [-0.25, -0.2) is 0 Å². The number of hydrogen-bond donors (Lipinski definition) is 2. The number of rotatable bonds is 5. The van der Waals surface area contributed by atoms with Crippen molar-refractivity contribution in [3.63, 3.8) is 0 Å². The van der Waals surface area contributed by atoms with E-state index in [1.54, 1.807) is 0 Å². The van der Waals surface area contributed by atoms with Crippen molar-refractivity contribution in [2.75, 3.05) is 13.1 Å². The van der Waals surface area contributed by atoms with E-state index in [2.05, 4.69) is 66.0 Å². The highest BCUT2D eigenvalue weighted by Gasteiger charge is 2.65. The van der Waals surface area contributed by atoms with Crippen molar-refractivity contribution in [2.45, 2.75) is 81.1 Å². The maximum atomic E-state index is 13.1. The maximum absolute atomic E-state index is 13.1. The summed E-state index contributed by atoms with van der Waals surface area (Å²) in [4.78, 5) is 26.2. The van der Waals surface area contributed by atoms with Crippen LogP contribution in [-0.4, -0.2) is 24.7 Å². The Hall–Kier alpha value is -1.58. The van der Waals surface area contributed by atoms with Gasteiger partial charge in [0.15, 0.2) is 11.6 Å². The topological polar surface area (TPSA) is 58.2 Å². The molecule has 4 rings (SSSR count). The molecule has 0 spiro atoms. The normalized spacial score (nSPS) is 41.5. The zero-order valence-electron chi connectivity index (χ0n) is 20.2. The van der Waals surface area contributed by atoms with Gasteiger partial charge in [0.25, 0.3) is 0 Å². The van der Waals surface area contributed by atoms with Crippen molar-refractivity contribution < 1.29 is 9.59 Å². The summed E-state index contributed by atoms with van der Waals surface area (Å²) >= 11 is 0. The van der Waals surface area contributed by atoms with Gasteiger partial charge in [-0.1, -0.05) is 41.5 Å². The molecule has 4 saturated carbocycles. The smallest absolute Gasteiger partial charge is 0.167 e. The third-order valence-corrected chi connectivity index (χ3v) is 10.4. The van der Waals surface area contributed by atoms with Crippen LogP contribution < -0.4 is 10.6 Å². The van der Waals surface area contributed by atoms with Crippen LogP contribution in [0.25, 0.3) is 0 Å². The molecular weight excluding hydrogens is 372 g/mol. The minimum Gasteiger partial charge on any atom is -0.386 e. The Morgan fingerprint density at radius 3 is 1.33 bits per heavy atom. The second-order valence-corrected chi connectivity index (χ2v) is 11.9. The van der Waals surface area contributed by atoms with E-state index in [4.69, 9.17) is 0 Å². The molecule has 4 fully saturated rings. The fourth-order valence-electron chi connectivity index (χ4n) is 7.29. The van der Waals surface area contributed by atoms with Gasteiger partial charge in [0.1, 0.15) is 0 Å². The number of hydrogen-bond acceptors (Lipinski definition) is 4. The quantitative estimate of drug-likeness (QED) is 0.505. The third-order valence-electron chi connectivity index (χ3n) is 10.4. The predicted octanol–water partition coefficient (Wildman–Crippen LogP) is 4.76. The Kier molecular flexibility index (Phi) is 4.66. The van der Waals surface area contributed by atoms with Gasteiger partial charge in [-0.3, -0.25) is 9.59 Å². The number of carbonyl (C=O) groups is 2. The molecule has 4 bridgehead atoms. The molecule has 0 aromatic rings. The molecule has 0 amide bonds. The SMILES string of the molecule is CC(NCCNC(C)=C1C(=O)C2(C)CCC1C2(C)C)=C1C(=O)C2(C)CCC1C2(C)C. The zero-order chi connectivity index (χ0) is 22.3. The second-order valence-electron chi connectivity index (χ2n) is 11.9. The first kappa shape index (κ1) is 21.6. The van der Waals surface area contributed by atoms with E-state index in [0.29, 0.717) is 23.4 Å². The minimum absolute atomic E-state index is 0.0483. The fourth-order valence-corrected chi connectivity index (χ4v) is 7.29. The summed E-state index contributed by atoms with van der Waals surface area (Å²) in [5, 5.41) is 7.00. The lowest BCUT2D eigenvalue weighted by Gasteiger charge is -2.31. The van der Waals surface area contributed by atoms with Gasteiger partial charge in [-0.05, 0) is 62.2 Å². The summed E-state index contributed by atoms with van der Waals surface area (Å²) in [6.45, 7) is 18.9. The second kappa shape index (κ2) is 6.46. The summed E-state index contributed by atoms with van der Waals surface area (Å²) in [5.41, 5.74) is 3.82. The van der Waals surface area contributed by atoms with Gasteiger partial charge in [0.05, 0.1) is 0 Å². The Morgan fingerprint density at radius 2 is 1.07 bits per heavy atom. The van der Waals surface area contributed by atoms with E-state index in [-0.39, 0.29) is 21.7 Å². The molecule has 4 nitrogen and oxygen atoms in total. The Morgan fingerprint density at radius 1 is 0.733 bits per heavy atom. The Labute approximate surface area is 182 Å². The highest BCUT2D eigenvalue weighted by molar-refractivity contribution is 6.05. The maximum Gasteiger partial charge on any atom is 0.167 e. The summed E-state index contributed by atoms with van der Waals surface area (Å²) in [5.74, 6) is 1.44. The monoisotopic (exact) mass is 412 g/mol. The number of nitrogens with one attached hydrogen (secondary N) is 2.